The fraction of sp³-hybridized carbons (Fsp3) is 0.500. The van der Waals surface area contributed by atoms with E-state index in [-0.39, 0.29) is 11.0 Å². The Kier molecular flexibility index (Phi) is 4.19. The summed E-state index contributed by atoms with van der Waals surface area (Å²) in [6, 6.07) is 5.25. The standard InChI is InChI=1S/C12H15FO4S/c13-18(14,15)12-6-4-10(5-7-12)17-9-11-3-1-2-8-16-11/h4-7,11H,1-3,8-9H2. The molecule has 1 aromatic rings. The molecule has 1 aromatic carbocycles. The van der Waals surface area contributed by atoms with Crippen LogP contribution in [0.1, 0.15) is 19.3 Å². The van der Waals surface area contributed by atoms with E-state index >= 15 is 0 Å². The molecule has 100 valence electrons. The van der Waals surface area contributed by atoms with E-state index in [1.807, 2.05) is 0 Å². The molecule has 1 aliphatic rings. The van der Waals surface area contributed by atoms with Crippen LogP contribution < -0.4 is 4.74 Å². The molecule has 1 aliphatic heterocycles. The molecule has 0 aliphatic carbocycles. The van der Waals surface area contributed by atoms with Crippen LogP contribution >= 0.6 is 0 Å². The van der Waals surface area contributed by atoms with E-state index in [2.05, 4.69) is 0 Å². The Labute approximate surface area is 106 Å². The first kappa shape index (κ1) is 13.3. The van der Waals surface area contributed by atoms with E-state index in [1.54, 1.807) is 0 Å². The van der Waals surface area contributed by atoms with Crippen LogP contribution in [0.3, 0.4) is 0 Å². The molecule has 1 fully saturated rings. The highest BCUT2D eigenvalue weighted by molar-refractivity contribution is 7.86. The Bertz CT molecular complexity index is 477. The van der Waals surface area contributed by atoms with Crippen molar-refractivity contribution in [1.29, 1.82) is 0 Å². The van der Waals surface area contributed by atoms with Crippen molar-refractivity contribution in [2.45, 2.75) is 30.3 Å². The van der Waals surface area contributed by atoms with E-state index in [4.69, 9.17) is 9.47 Å². The van der Waals surface area contributed by atoms with Crippen LogP contribution in [0.25, 0.3) is 0 Å². The van der Waals surface area contributed by atoms with Crippen molar-refractivity contribution in [3.63, 3.8) is 0 Å². The van der Waals surface area contributed by atoms with E-state index in [1.165, 1.54) is 24.3 Å². The summed E-state index contributed by atoms with van der Waals surface area (Å²) in [7, 11) is -4.64. The van der Waals surface area contributed by atoms with Gasteiger partial charge in [-0.25, -0.2) is 0 Å². The maximum atomic E-state index is 12.6. The molecule has 2 rings (SSSR count). The molecule has 0 spiro atoms. The van der Waals surface area contributed by atoms with Crippen LogP contribution in [0.2, 0.25) is 0 Å². The monoisotopic (exact) mass is 274 g/mol. The van der Waals surface area contributed by atoms with E-state index in [0.717, 1.165) is 25.9 Å². The second kappa shape index (κ2) is 5.67. The molecular formula is C12H15FO4S. The first-order valence-corrected chi connectivity index (χ1v) is 7.23. The first-order chi connectivity index (χ1) is 8.55. The summed E-state index contributed by atoms with van der Waals surface area (Å²) in [6.45, 7) is 1.19. The van der Waals surface area contributed by atoms with Crippen LogP contribution in [0.4, 0.5) is 3.89 Å². The average molecular weight is 274 g/mol. The highest BCUT2D eigenvalue weighted by Gasteiger charge is 2.15. The Hall–Kier alpha value is -1.14. The van der Waals surface area contributed by atoms with Gasteiger partial charge in [0.25, 0.3) is 0 Å². The zero-order chi connectivity index (χ0) is 13.0. The third kappa shape index (κ3) is 3.68. The van der Waals surface area contributed by atoms with Gasteiger partial charge in [0, 0.05) is 6.61 Å². The SMILES string of the molecule is O=S(=O)(F)c1ccc(OCC2CCCCO2)cc1. The van der Waals surface area contributed by atoms with E-state index in [0.29, 0.717) is 12.4 Å². The molecule has 18 heavy (non-hydrogen) atoms. The van der Waals surface area contributed by atoms with Gasteiger partial charge in [0.05, 0.1) is 11.0 Å². The summed E-state index contributed by atoms with van der Waals surface area (Å²) >= 11 is 0. The smallest absolute Gasteiger partial charge is 0.332 e. The van der Waals surface area contributed by atoms with Crippen molar-refractivity contribution < 1.29 is 21.8 Å². The fourth-order valence-corrected chi connectivity index (χ4v) is 2.29. The zero-order valence-electron chi connectivity index (χ0n) is 9.84. The number of rotatable bonds is 4. The van der Waals surface area contributed by atoms with Crippen molar-refractivity contribution in [3.05, 3.63) is 24.3 Å². The largest absolute Gasteiger partial charge is 0.491 e. The summed E-state index contributed by atoms with van der Waals surface area (Å²) in [4.78, 5) is -0.358. The van der Waals surface area contributed by atoms with E-state index < -0.39 is 10.2 Å². The van der Waals surface area contributed by atoms with Gasteiger partial charge in [-0.05, 0) is 43.5 Å². The molecule has 1 unspecified atom stereocenters. The zero-order valence-corrected chi connectivity index (χ0v) is 10.7. The highest BCUT2D eigenvalue weighted by atomic mass is 32.3. The van der Waals surface area contributed by atoms with Crippen molar-refractivity contribution >= 4 is 10.2 Å². The first-order valence-electron chi connectivity index (χ1n) is 5.85. The molecule has 1 atom stereocenters. The lowest BCUT2D eigenvalue weighted by Gasteiger charge is -2.22. The molecule has 0 saturated carbocycles. The number of benzene rings is 1. The number of hydrogen-bond acceptors (Lipinski definition) is 4. The van der Waals surface area contributed by atoms with Gasteiger partial charge in [0.2, 0.25) is 0 Å². The van der Waals surface area contributed by atoms with Gasteiger partial charge in [-0.15, -0.1) is 3.89 Å². The van der Waals surface area contributed by atoms with Gasteiger partial charge in [0.1, 0.15) is 12.4 Å². The minimum Gasteiger partial charge on any atom is -0.491 e. The molecule has 1 heterocycles. The summed E-state index contributed by atoms with van der Waals surface area (Å²) in [5.74, 6) is 0.511. The van der Waals surface area contributed by atoms with E-state index in [9.17, 15) is 12.3 Å². The lowest BCUT2D eigenvalue weighted by molar-refractivity contribution is -0.0110. The fourth-order valence-electron chi connectivity index (χ4n) is 1.83. The summed E-state index contributed by atoms with van der Waals surface area (Å²) < 4.78 is 44.9. The minimum absolute atomic E-state index is 0.0864. The van der Waals surface area contributed by atoms with Crippen molar-refractivity contribution in [1.82, 2.24) is 0 Å². The molecule has 0 radical (unpaired) electrons. The van der Waals surface area contributed by atoms with Crippen LogP contribution in [-0.4, -0.2) is 27.7 Å². The summed E-state index contributed by atoms with van der Waals surface area (Å²) in [5.41, 5.74) is 0. The molecule has 0 aromatic heterocycles. The second-order valence-electron chi connectivity index (χ2n) is 4.21. The van der Waals surface area contributed by atoms with Gasteiger partial charge in [-0.3, -0.25) is 0 Å². The molecule has 0 bridgehead atoms. The third-order valence-electron chi connectivity index (χ3n) is 2.82. The maximum Gasteiger partial charge on any atom is 0.332 e. The van der Waals surface area contributed by atoms with Crippen LogP contribution in [0, 0.1) is 0 Å². The molecular weight excluding hydrogens is 259 g/mol. The van der Waals surface area contributed by atoms with Crippen molar-refractivity contribution in [3.8, 4) is 5.75 Å². The number of hydrogen-bond donors (Lipinski definition) is 0. The second-order valence-corrected chi connectivity index (χ2v) is 5.56. The molecule has 0 N–H and O–H groups in total. The Balaban J connectivity index is 1.90. The topological polar surface area (TPSA) is 52.6 Å². The quantitative estimate of drug-likeness (QED) is 0.790. The predicted octanol–water partition coefficient (Wildman–Crippen LogP) is 2.29. The average Bonchev–Trinajstić information content (AvgIpc) is 2.37. The molecule has 1 saturated heterocycles. The Morgan fingerprint density at radius 1 is 1.28 bits per heavy atom. The molecule has 6 heteroatoms. The maximum absolute atomic E-state index is 12.6. The van der Waals surface area contributed by atoms with Crippen molar-refractivity contribution in [2.75, 3.05) is 13.2 Å². The lowest BCUT2D eigenvalue weighted by Crippen LogP contribution is -2.25. The number of ether oxygens (including phenoxy) is 2. The third-order valence-corrected chi connectivity index (χ3v) is 3.65. The number of halogens is 1. The van der Waals surface area contributed by atoms with Gasteiger partial charge in [-0.2, -0.15) is 8.42 Å². The lowest BCUT2D eigenvalue weighted by atomic mass is 10.1. The van der Waals surface area contributed by atoms with Crippen LogP contribution in [0.5, 0.6) is 5.75 Å². The van der Waals surface area contributed by atoms with Gasteiger partial charge in [0.15, 0.2) is 0 Å². The predicted molar refractivity (Wildman–Crippen MR) is 63.8 cm³/mol. The van der Waals surface area contributed by atoms with Gasteiger partial charge >= 0.3 is 10.2 Å². The van der Waals surface area contributed by atoms with Crippen molar-refractivity contribution in [2.24, 2.45) is 0 Å². The van der Waals surface area contributed by atoms with Crippen LogP contribution in [-0.2, 0) is 15.0 Å². The summed E-state index contributed by atoms with van der Waals surface area (Å²) in [6.07, 6.45) is 3.27. The normalized spacial score (nSPS) is 20.6. The highest BCUT2D eigenvalue weighted by Crippen LogP contribution is 2.19. The Morgan fingerprint density at radius 2 is 2.00 bits per heavy atom. The summed E-state index contributed by atoms with van der Waals surface area (Å²) in [5, 5.41) is 0. The molecule has 0 amide bonds. The minimum atomic E-state index is -4.64. The van der Waals surface area contributed by atoms with Gasteiger partial charge in [-0.1, -0.05) is 0 Å². The molecule has 4 nitrogen and oxygen atoms in total. The van der Waals surface area contributed by atoms with Crippen LogP contribution in [0.15, 0.2) is 29.2 Å². The van der Waals surface area contributed by atoms with Gasteiger partial charge < -0.3 is 9.47 Å². The Morgan fingerprint density at radius 3 is 2.56 bits per heavy atom.